The standard InChI is InChI=1S/C15H22FN3O2/c1-4-17-14-12(7-11(16)8-18-14)15(20)19-6-5-10(2)13(9-19)21-3/h7-8,10,13H,4-6,9H2,1-3H3,(H,17,18). The van der Waals surface area contributed by atoms with Crippen molar-refractivity contribution in [1.82, 2.24) is 9.88 Å². The van der Waals surface area contributed by atoms with Crippen LogP contribution in [0.1, 0.15) is 30.6 Å². The van der Waals surface area contributed by atoms with Crippen molar-refractivity contribution in [3.05, 3.63) is 23.6 Å². The van der Waals surface area contributed by atoms with E-state index in [1.165, 1.54) is 6.07 Å². The van der Waals surface area contributed by atoms with Crippen LogP contribution < -0.4 is 5.32 Å². The SMILES string of the molecule is CCNc1ncc(F)cc1C(=O)N1CCC(C)C(OC)C1. The molecule has 0 saturated carbocycles. The van der Waals surface area contributed by atoms with Gasteiger partial charge in [-0.05, 0) is 25.3 Å². The number of hydrogen-bond acceptors (Lipinski definition) is 4. The summed E-state index contributed by atoms with van der Waals surface area (Å²) >= 11 is 0. The Morgan fingerprint density at radius 3 is 3.05 bits per heavy atom. The zero-order valence-electron chi connectivity index (χ0n) is 12.7. The van der Waals surface area contributed by atoms with Crippen molar-refractivity contribution >= 4 is 11.7 Å². The van der Waals surface area contributed by atoms with E-state index in [1.54, 1.807) is 12.0 Å². The number of anilines is 1. The summed E-state index contributed by atoms with van der Waals surface area (Å²) < 4.78 is 18.9. The molecule has 21 heavy (non-hydrogen) atoms. The highest BCUT2D eigenvalue weighted by molar-refractivity contribution is 5.98. The summed E-state index contributed by atoms with van der Waals surface area (Å²) in [4.78, 5) is 18.3. The third-order valence-electron chi connectivity index (χ3n) is 3.91. The lowest BCUT2D eigenvalue weighted by Gasteiger charge is -2.36. The molecule has 2 heterocycles. The van der Waals surface area contributed by atoms with E-state index in [0.29, 0.717) is 31.4 Å². The molecule has 116 valence electrons. The normalized spacial score (nSPS) is 22.2. The summed E-state index contributed by atoms with van der Waals surface area (Å²) in [6.07, 6.45) is 2.01. The number of carbonyl (C=O) groups is 1. The van der Waals surface area contributed by atoms with Crippen LogP contribution in [0.25, 0.3) is 0 Å². The molecule has 1 aliphatic heterocycles. The summed E-state index contributed by atoms with van der Waals surface area (Å²) in [5.74, 6) is 0.134. The van der Waals surface area contributed by atoms with Gasteiger partial charge in [-0.25, -0.2) is 9.37 Å². The quantitative estimate of drug-likeness (QED) is 0.925. The Bertz CT molecular complexity index is 510. The highest BCUT2D eigenvalue weighted by atomic mass is 19.1. The zero-order valence-corrected chi connectivity index (χ0v) is 12.7. The van der Waals surface area contributed by atoms with Gasteiger partial charge in [0.25, 0.3) is 5.91 Å². The second-order valence-electron chi connectivity index (χ2n) is 5.37. The van der Waals surface area contributed by atoms with E-state index in [9.17, 15) is 9.18 Å². The molecule has 1 N–H and O–H groups in total. The summed E-state index contributed by atoms with van der Waals surface area (Å²) in [6, 6.07) is 1.24. The lowest BCUT2D eigenvalue weighted by molar-refractivity contribution is -0.00155. The molecule has 1 amide bonds. The number of amides is 1. The number of nitrogens with zero attached hydrogens (tertiary/aromatic N) is 2. The van der Waals surface area contributed by atoms with Crippen molar-refractivity contribution < 1.29 is 13.9 Å². The number of nitrogens with one attached hydrogen (secondary N) is 1. The number of ether oxygens (including phenoxy) is 1. The van der Waals surface area contributed by atoms with Gasteiger partial charge in [-0.2, -0.15) is 0 Å². The smallest absolute Gasteiger partial charge is 0.257 e. The number of halogens is 1. The first-order valence-electron chi connectivity index (χ1n) is 7.28. The van der Waals surface area contributed by atoms with Crippen molar-refractivity contribution in [2.75, 3.05) is 32.1 Å². The fourth-order valence-electron chi connectivity index (χ4n) is 2.61. The van der Waals surface area contributed by atoms with E-state index in [-0.39, 0.29) is 17.6 Å². The maximum atomic E-state index is 13.4. The lowest BCUT2D eigenvalue weighted by atomic mass is 9.95. The van der Waals surface area contributed by atoms with E-state index in [2.05, 4.69) is 17.2 Å². The number of likely N-dealkylation sites (tertiary alicyclic amines) is 1. The van der Waals surface area contributed by atoms with Crippen LogP contribution >= 0.6 is 0 Å². The van der Waals surface area contributed by atoms with Crippen LogP contribution in [0.5, 0.6) is 0 Å². The number of piperidine rings is 1. The first-order chi connectivity index (χ1) is 10.1. The molecular formula is C15H22FN3O2. The van der Waals surface area contributed by atoms with E-state index < -0.39 is 5.82 Å². The monoisotopic (exact) mass is 295 g/mol. The zero-order chi connectivity index (χ0) is 15.4. The molecule has 0 spiro atoms. The lowest BCUT2D eigenvalue weighted by Crippen LogP contribution is -2.46. The number of rotatable bonds is 4. The van der Waals surface area contributed by atoms with Gasteiger partial charge < -0.3 is 15.0 Å². The predicted octanol–water partition coefficient (Wildman–Crippen LogP) is 2.15. The number of carbonyl (C=O) groups excluding carboxylic acids is 1. The van der Waals surface area contributed by atoms with E-state index in [1.807, 2.05) is 6.92 Å². The molecule has 1 aliphatic rings. The molecule has 1 saturated heterocycles. The Hall–Kier alpha value is -1.69. The molecule has 2 unspecified atom stereocenters. The van der Waals surface area contributed by atoms with Gasteiger partial charge >= 0.3 is 0 Å². The first kappa shape index (κ1) is 15.7. The first-order valence-corrected chi connectivity index (χ1v) is 7.28. The molecular weight excluding hydrogens is 273 g/mol. The molecule has 0 aromatic carbocycles. The van der Waals surface area contributed by atoms with Crippen molar-refractivity contribution in [2.24, 2.45) is 5.92 Å². The molecule has 2 rings (SSSR count). The predicted molar refractivity (Wildman–Crippen MR) is 78.8 cm³/mol. The third-order valence-corrected chi connectivity index (χ3v) is 3.91. The Morgan fingerprint density at radius 1 is 1.62 bits per heavy atom. The Morgan fingerprint density at radius 2 is 2.38 bits per heavy atom. The van der Waals surface area contributed by atoms with Crippen LogP contribution in [-0.4, -0.2) is 48.6 Å². The Kier molecular flexibility index (Phi) is 5.12. The average molecular weight is 295 g/mol. The number of aromatic nitrogens is 1. The fraction of sp³-hybridized carbons (Fsp3) is 0.600. The van der Waals surface area contributed by atoms with Gasteiger partial charge in [0, 0.05) is 26.7 Å². The summed E-state index contributed by atoms with van der Waals surface area (Å²) in [5, 5.41) is 3.00. The number of methoxy groups -OCH3 is 1. The van der Waals surface area contributed by atoms with Gasteiger partial charge in [-0.15, -0.1) is 0 Å². The van der Waals surface area contributed by atoms with Gasteiger partial charge in [0.15, 0.2) is 0 Å². The van der Waals surface area contributed by atoms with Gasteiger partial charge in [0.05, 0.1) is 17.9 Å². The number of pyridine rings is 1. The molecule has 2 atom stereocenters. The van der Waals surface area contributed by atoms with Crippen LogP contribution in [0.4, 0.5) is 10.2 Å². The van der Waals surface area contributed by atoms with Crippen LogP contribution in [0.15, 0.2) is 12.3 Å². The second-order valence-corrected chi connectivity index (χ2v) is 5.37. The van der Waals surface area contributed by atoms with E-state index in [0.717, 1.165) is 12.6 Å². The number of hydrogen-bond donors (Lipinski definition) is 1. The maximum absolute atomic E-state index is 13.4. The van der Waals surface area contributed by atoms with E-state index in [4.69, 9.17) is 4.74 Å². The van der Waals surface area contributed by atoms with Crippen molar-refractivity contribution in [2.45, 2.75) is 26.4 Å². The minimum atomic E-state index is -0.506. The van der Waals surface area contributed by atoms with Gasteiger partial charge in [0.2, 0.25) is 0 Å². The maximum Gasteiger partial charge on any atom is 0.257 e. The van der Waals surface area contributed by atoms with Crippen molar-refractivity contribution in [1.29, 1.82) is 0 Å². The van der Waals surface area contributed by atoms with Crippen molar-refractivity contribution in [3.63, 3.8) is 0 Å². The molecule has 0 radical (unpaired) electrons. The topological polar surface area (TPSA) is 54.5 Å². The van der Waals surface area contributed by atoms with Gasteiger partial charge in [0.1, 0.15) is 11.6 Å². The van der Waals surface area contributed by atoms with Crippen molar-refractivity contribution in [3.8, 4) is 0 Å². The van der Waals surface area contributed by atoms with Crippen LogP contribution in [0.2, 0.25) is 0 Å². The van der Waals surface area contributed by atoms with Crippen LogP contribution in [0.3, 0.4) is 0 Å². The Balaban J connectivity index is 2.21. The molecule has 5 nitrogen and oxygen atoms in total. The van der Waals surface area contributed by atoms with Gasteiger partial charge in [-0.3, -0.25) is 4.79 Å². The summed E-state index contributed by atoms with van der Waals surface area (Å²) in [6.45, 7) is 5.82. The van der Waals surface area contributed by atoms with E-state index >= 15 is 0 Å². The third kappa shape index (κ3) is 3.50. The summed E-state index contributed by atoms with van der Waals surface area (Å²) in [5.41, 5.74) is 0.279. The van der Waals surface area contributed by atoms with Crippen LogP contribution in [0, 0.1) is 11.7 Å². The second kappa shape index (κ2) is 6.85. The molecule has 0 bridgehead atoms. The molecule has 0 aliphatic carbocycles. The highest BCUT2D eigenvalue weighted by Crippen LogP contribution is 2.23. The Labute approximate surface area is 124 Å². The fourth-order valence-corrected chi connectivity index (χ4v) is 2.61. The highest BCUT2D eigenvalue weighted by Gasteiger charge is 2.30. The molecule has 1 fully saturated rings. The average Bonchev–Trinajstić information content (AvgIpc) is 2.49. The molecule has 1 aromatic rings. The molecule has 1 aromatic heterocycles. The molecule has 6 heteroatoms. The largest absolute Gasteiger partial charge is 0.379 e. The minimum Gasteiger partial charge on any atom is -0.379 e. The summed E-state index contributed by atoms with van der Waals surface area (Å²) in [7, 11) is 1.66. The van der Waals surface area contributed by atoms with Crippen LogP contribution in [-0.2, 0) is 4.74 Å². The van der Waals surface area contributed by atoms with Gasteiger partial charge in [-0.1, -0.05) is 6.92 Å². The minimum absolute atomic E-state index is 0.0202.